The van der Waals surface area contributed by atoms with E-state index < -0.39 is 29.1 Å². The molecule has 0 unspecified atom stereocenters. The maximum atomic E-state index is 14.0. The number of hydrogen-bond acceptors (Lipinski definition) is 5. The Bertz CT molecular complexity index is 1380. The van der Waals surface area contributed by atoms with Crippen molar-refractivity contribution >= 4 is 29.8 Å². The Kier molecular flexibility index (Phi) is 4.58. The molecule has 3 aliphatic carbocycles. The van der Waals surface area contributed by atoms with Gasteiger partial charge in [0.2, 0.25) is 11.8 Å². The number of aldehydes is 1. The standard InChI is InChI=1S/C29H23NO5/c1-16(2)35-28(34)17-8-7-9-18(14-17)30-26(32)24-23-19-10-3-5-12-21(19)29(15-31,25(24)27(30)33)22-13-6-4-11-20(22)23/h3-16,23-25H,1-2H3/t23?,24-,25-,29?/m1/s1. The van der Waals surface area contributed by atoms with E-state index in [1.165, 1.54) is 6.07 Å². The Morgan fingerprint density at radius 2 is 1.54 bits per heavy atom. The van der Waals surface area contributed by atoms with Crippen molar-refractivity contribution in [1.82, 2.24) is 0 Å². The number of imide groups is 1. The number of hydrogen-bond donors (Lipinski definition) is 0. The smallest absolute Gasteiger partial charge is 0.338 e. The molecule has 0 saturated carbocycles. The van der Waals surface area contributed by atoms with Gasteiger partial charge in [0.25, 0.3) is 0 Å². The van der Waals surface area contributed by atoms with Gasteiger partial charge in [-0.05, 0) is 54.3 Å². The maximum absolute atomic E-state index is 14.0. The first kappa shape index (κ1) is 21.5. The molecular weight excluding hydrogens is 442 g/mol. The van der Waals surface area contributed by atoms with Crippen LogP contribution in [0.25, 0.3) is 0 Å². The molecule has 0 N–H and O–H groups in total. The molecule has 3 aromatic carbocycles. The van der Waals surface area contributed by atoms with Gasteiger partial charge < -0.3 is 9.53 Å². The summed E-state index contributed by atoms with van der Waals surface area (Å²) in [6.07, 6.45) is 0.548. The summed E-state index contributed by atoms with van der Waals surface area (Å²) in [6.45, 7) is 3.51. The van der Waals surface area contributed by atoms with Crippen LogP contribution in [0, 0.1) is 11.8 Å². The molecule has 0 aromatic heterocycles. The van der Waals surface area contributed by atoms with Gasteiger partial charge in [-0.3, -0.25) is 9.59 Å². The summed E-state index contributed by atoms with van der Waals surface area (Å²) in [5.74, 6) is -3.19. The van der Waals surface area contributed by atoms with E-state index in [1.807, 2.05) is 48.5 Å². The first-order valence-electron chi connectivity index (χ1n) is 11.7. The van der Waals surface area contributed by atoms with E-state index in [9.17, 15) is 19.2 Å². The predicted molar refractivity (Wildman–Crippen MR) is 128 cm³/mol. The zero-order chi connectivity index (χ0) is 24.5. The lowest BCUT2D eigenvalue weighted by Crippen LogP contribution is -2.54. The molecule has 6 nitrogen and oxygen atoms in total. The van der Waals surface area contributed by atoms with E-state index >= 15 is 0 Å². The van der Waals surface area contributed by atoms with Crippen molar-refractivity contribution in [3.8, 4) is 0 Å². The SMILES string of the molecule is CC(C)OC(=O)c1cccc(N2C(=O)[C@@H]3C4c5ccccc5C(C=O)(c5ccccc54)[C@H]3C2=O)c1. The van der Waals surface area contributed by atoms with Crippen LogP contribution in [0.5, 0.6) is 0 Å². The Morgan fingerprint density at radius 3 is 2.14 bits per heavy atom. The highest BCUT2D eigenvalue weighted by atomic mass is 16.5. The van der Waals surface area contributed by atoms with Crippen LogP contribution in [0.3, 0.4) is 0 Å². The number of amides is 2. The molecule has 2 atom stereocenters. The second-order valence-corrected chi connectivity index (χ2v) is 9.66. The van der Waals surface area contributed by atoms with Crippen LogP contribution < -0.4 is 4.90 Å². The highest BCUT2D eigenvalue weighted by Gasteiger charge is 2.68. The minimum atomic E-state index is -1.25. The van der Waals surface area contributed by atoms with Gasteiger partial charge in [0.15, 0.2) is 0 Å². The minimum absolute atomic E-state index is 0.256. The first-order valence-corrected chi connectivity index (χ1v) is 11.7. The van der Waals surface area contributed by atoms with Crippen molar-refractivity contribution in [2.24, 2.45) is 11.8 Å². The van der Waals surface area contributed by atoms with Crippen molar-refractivity contribution in [1.29, 1.82) is 0 Å². The summed E-state index contributed by atoms with van der Waals surface area (Å²) in [5.41, 5.74) is 2.72. The van der Waals surface area contributed by atoms with Gasteiger partial charge in [0, 0.05) is 5.92 Å². The van der Waals surface area contributed by atoms with Crippen LogP contribution in [-0.2, 0) is 24.5 Å². The molecule has 0 spiro atoms. The minimum Gasteiger partial charge on any atom is -0.459 e. The molecule has 1 heterocycles. The average molecular weight is 466 g/mol. The van der Waals surface area contributed by atoms with E-state index in [0.29, 0.717) is 5.69 Å². The first-order chi connectivity index (χ1) is 16.9. The maximum Gasteiger partial charge on any atom is 0.338 e. The largest absolute Gasteiger partial charge is 0.459 e. The summed E-state index contributed by atoms with van der Waals surface area (Å²) >= 11 is 0. The lowest BCUT2D eigenvalue weighted by atomic mass is 9.48. The third-order valence-corrected chi connectivity index (χ3v) is 7.55. The van der Waals surface area contributed by atoms with Crippen LogP contribution in [0.2, 0.25) is 0 Å². The monoisotopic (exact) mass is 465 g/mol. The van der Waals surface area contributed by atoms with Gasteiger partial charge in [0.1, 0.15) is 6.29 Å². The van der Waals surface area contributed by atoms with Gasteiger partial charge >= 0.3 is 5.97 Å². The molecule has 4 aliphatic rings. The lowest BCUT2D eigenvalue weighted by molar-refractivity contribution is -0.128. The van der Waals surface area contributed by atoms with Crippen molar-refractivity contribution in [2.45, 2.75) is 31.3 Å². The van der Waals surface area contributed by atoms with Crippen molar-refractivity contribution in [3.05, 3.63) is 101 Å². The summed E-state index contributed by atoms with van der Waals surface area (Å²) in [6, 6.07) is 21.6. The second kappa shape index (κ2) is 7.47. The summed E-state index contributed by atoms with van der Waals surface area (Å²) < 4.78 is 5.29. The van der Waals surface area contributed by atoms with E-state index in [4.69, 9.17) is 4.74 Å². The Labute approximate surface area is 202 Å². The normalized spacial score (nSPS) is 25.8. The molecule has 3 aromatic rings. The average Bonchev–Trinajstić information content (AvgIpc) is 3.14. The van der Waals surface area contributed by atoms with E-state index in [0.717, 1.165) is 33.4 Å². The lowest BCUT2D eigenvalue weighted by Gasteiger charge is -2.51. The Balaban J connectivity index is 1.52. The van der Waals surface area contributed by atoms with Gasteiger partial charge in [-0.25, -0.2) is 9.69 Å². The third-order valence-electron chi connectivity index (χ3n) is 7.55. The fourth-order valence-corrected chi connectivity index (χ4v) is 6.34. The van der Waals surface area contributed by atoms with Crippen LogP contribution in [0.4, 0.5) is 5.69 Å². The Morgan fingerprint density at radius 1 is 0.914 bits per heavy atom. The molecule has 35 heavy (non-hydrogen) atoms. The van der Waals surface area contributed by atoms with Gasteiger partial charge in [-0.1, -0.05) is 54.6 Å². The third kappa shape index (κ3) is 2.71. The molecule has 2 bridgehead atoms. The fraction of sp³-hybridized carbons (Fsp3) is 0.241. The fourth-order valence-electron chi connectivity index (χ4n) is 6.34. The van der Waals surface area contributed by atoms with Crippen LogP contribution >= 0.6 is 0 Å². The quantitative estimate of drug-likeness (QED) is 0.331. The number of carbonyl (C=O) groups excluding carboxylic acids is 4. The highest BCUT2D eigenvalue weighted by Crippen LogP contribution is 2.63. The molecule has 174 valence electrons. The number of esters is 1. The highest BCUT2D eigenvalue weighted by molar-refractivity contribution is 6.25. The molecule has 1 aliphatic heterocycles. The molecule has 6 heteroatoms. The number of rotatable bonds is 4. The van der Waals surface area contributed by atoms with Crippen LogP contribution in [0.1, 0.15) is 52.4 Å². The van der Waals surface area contributed by atoms with E-state index in [1.54, 1.807) is 32.0 Å². The predicted octanol–water partition coefficient (Wildman–Crippen LogP) is 4.00. The zero-order valence-corrected chi connectivity index (χ0v) is 19.3. The molecule has 2 amide bonds. The van der Waals surface area contributed by atoms with Crippen LogP contribution in [-0.4, -0.2) is 30.2 Å². The van der Waals surface area contributed by atoms with Crippen molar-refractivity contribution in [3.63, 3.8) is 0 Å². The van der Waals surface area contributed by atoms with Crippen LogP contribution in [0.15, 0.2) is 72.8 Å². The molecular formula is C29H23NO5. The number of nitrogens with zero attached hydrogens (tertiary/aromatic N) is 1. The summed E-state index contributed by atoms with van der Waals surface area (Å²) in [4.78, 5) is 54.6. The van der Waals surface area contributed by atoms with Crippen molar-refractivity contribution in [2.75, 3.05) is 4.90 Å². The van der Waals surface area contributed by atoms with Gasteiger partial charge in [-0.15, -0.1) is 0 Å². The number of carbonyl (C=O) groups is 4. The molecule has 0 radical (unpaired) electrons. The molecule has 7 rings (SSSR count). The van der Waals surface area contributed by atoms with Crippen molar-refractivity contribution < 1.29 is 23.9 Å². The molecule has 1 fully saturated rings. The number of benzene rings is 3. The summed E-state index contributed by atoms with van der Waals surface area (Å²) in [5, 5.41) is 0. The second-order valence-electron chi connectivity index (χ2n) is 9.66. The van der Waals surface area contributed by atoms with Gasteiger partial charge in [-0.2, -0.15) is 0 Å². The number of ether oxygens (including phenoxy) is 1. The zero-order valence-electron chi connectivity index (χ0n) is 19.3. The molecule has 1 saturated heterocycles. The topological polar surface area (TPSA) is 80.8 Å². The summed E-state index contributed by atoms with van der Waals surface area (Å²) in [7, 11) is 0. The van der Waals surface area contributed by atoms with E-state index in [2.05, 4.69) is 0 Å². The van der Waals surface area contributed by atoms with E-state index in [-0.39, 0.29) is 23.5 Å². The number of anilines is 1. The van der Waals surface area contributed by atoms with Gasteiger partial charge in [0.05, 0.1) is 34.6 Å². The Hall–Kier alpha value is -4.06.